The van der Waals surface area contributed by atoms with E-state index in [2.05, 4.69) is 32.6 Å². The summed E-state index contributed by atoms with van der Waals surface area (Å²) in [5.74, 6) is 0. The van der Waals surface area contributed by atoms with E-state index in [-0.39, 0.29) is 5.56 Å². The molecule has 0 bridgehead atoms. The van der Waals surface area contributed by atoms with E-state index in [0.29, 0.717) is 9.22 Å². The number of aryl methyl sites for hydroxylation is 1. The molecule has 0 saturated heterocycles. The number of rotatable bonds is 4. The third-order valence-electron chi connectivity index (χ3n) is 3.63. The van der Waals surface area contributed by atoms with Crippen LogP contribution in [0.2, 0.25) is 0 Å². The molecule has 6 heteroatoms. The van der Waals surface area contributed by atoms with Gasteiger partial charge in [-0.2, -0.15) is 16.9 Å². The molecule has 4 nitrogen and oxygen atoms in total. The van der Waals surface area contributed by atoms with Crippen molar-refractivity contribution in [1.82, 2.24) is 9.78 Å². The van der Waals surface area contributed by atoms with Crippen molar-refractivity contribution < 1.29 is 0 Å². The zero-order valence-corrected chi connectivity index (χ0v) is 13.1. The fourth-order valence-corrected chi connectivity index (χ4v) is 3.78. The summed E-state index contributed by atoms with van der Waals surface area (Å²) in [5, 5.41) is 7.41. The Kier molecular flexibility index (Phi) is 4.37. The van der Waals surface area contributed by atoms with Crippen molar-refractivity contribution in [3.63, 3.8) is 0 Å². The van der Waals surface area contributed by atoms with Crippen LogP contribution in [0.3, 0.4) is 0 Å². The van der Waals surface area contributed by atoms with Gasteiger partial charge in [0.2, 0.25) is 0 Å². The highest BCUT2D eigenvalue weighted by molar-refractivity contribution is 9.10. The number of halogens is 1. The highest BCUT2D eigenvalue weighted by Crippen LogP contribution is 2.40. The van der Waals surface area contributed by atoms with Gasteiger partial charge in [-0.25, -0.2) is 4.68 Å². The molecule has 1 aromatic heterocycles. The van der Waals surface area contributed by atoms with Crippen LogP contribution in [-0.2, 0) is 7.05 Å². The third kappa shape index (κ3) is 2.74. The molecule has 1 aromatic rings. The van der Waals surface area contributed by atoms with Gasteiger partial charge in [0.15, 0.2) is 0 Å². The van der Waals surface area contributed by atoms with E-state index in [1.54, 1.807) is 13.2 Å². The summed E-state index contributed by atoms with van der Waals surface area (Å²) in [4.78, 5) is 11.7. The molecule has 1 N–H and O–H groups in total. The molecule has 0 unspecified atom stereocenters. The summed E-state index contributed by atoms with van der Waals surface area (Å²) in [6.45, 7) is 0.890. The van der Waals surface area contributed by atoms with Crippen LogP contribution in [0.15, 0.2) is 15.5 Å². The van der Waals surface area contributed by atoms with Crippen LogP contribution in [0.1, 0.15) is 25.7 Å². The Morgan fingerprint density at radius 3 is 2.83 bits per heavy atom. The Morgan fingerprint density at radius 2 is 2.22 bits per heavy atom. The highest BCUT2D eigenvalue weighted by atomic mass is 79.9. The van der Waals surface area contributed by atoms with Gasteiger partial charge in [-0.15, -0.1) is 0 Å². The average Bonchev–Trinajstić information content (AvgIpc) is 2.85. The van der Waals surface area contributed by atoms with Crippen LogP contribution >= 0.6 is 27.7 Å². The van der Waals surface area contributed by atoms with Crippen LogP contribution in [0.25, 0.3) is 0 Å². The lowest BCUT2D eigenvalue weighted by Crippen LogP contribution is -2.31. The molecule has 1 aliphatic carbocycles. The molecule has 100 valence electrons. The molecule has 0 aliphatic heterocycles. The molecule has 0 atom stereocenters. The number of hydrogen-bond donors (Lipinski definition) is 1. The van der Waals surface area contributed by atoms with Crippen LogP contribution in [0.5, 0.6) is 0 Å². The first-order chi connectivity index (χ1) is 8.58. The summed E-state index contributed by atoms with van der Waals surface area (Å²) in [6.07, 6.45) is 8.98. The Morgan fingerprint density at radius 1 is 1.56 bits per heavy atom. The summed E-state index contributed by atoms with van der Waals surface area (Å²) < 4.78 is 2.21. The normalized spacial score (nSPS) is 17.9. The lowest BCUT2D eigenvalue weighted by Gasteiger charge is -2.27. The second-order valence-electron chi connectivity index (χ2n) is 4.75. The van der Waals surface area contributed by atoms with Gasteiger partial charge in [0.05, 0.1) is 11.9 Å². The minimum absolute atomic E-state index is 0.107. The Bertz CT molecular complexity index is 483. The van der Waals surface area contributed by atoms with Gasteiger partial charge >= 0.3 is 0 Å². The fraction of sp³-hybridized carbons (Fsp3) is 0.667. The van der Waals surface area contributed by atoms with Gasteiger partial charge in [-0.1, -0.05) is 12.8 Å². The van der Waals surface area contributed by atoms with Crippen molar-refractivity contribution >= 4 is 33.4 Å². The SMILES string of the molecule is CSC1(CNc2cnn(C)c(=O)c2Br)CCCC1. The Balaban J connectivity index is 2.11. The lowest BCUT2D eigenvalue weighted by molar-refractivity contribution is 0.637. The van der Waals surface area contributed by atoms with Gasteiger partial charge in [0.1, 0.15) is 4.47 Å². The van der Waals surface area contributed by atoms with Gasteiger partial charge in [0.25, 0.3) is 5.56 Å². The smallest absolute Gasteiger partial charge is 0.282 e. The van der Waals surface area contributed by atoms with Gasteiger partial charge < -0.3 is 5.32 Å². The average molecular weight is 332 g/mol. The molecule has 1 saturated carbocycles. The van der Waals surface area contributed by atoms with E-state index in [0.717, 1.165) is 12.2 Å². The highest BCUT2D eigenvalue weighted by Gasteiger charge is 2.32. The number of hydrogen-bond acceptors (Lipinski definition) is 4. The van der Waals surface area contributed by atoms with E-state index < -0.39 is 0 Å². The molecular formula is C12H18BrN3OS. The third-order valence-corrected chi connectivity index (χ3v) is 5.81. The largest absolute Gasteiger partial charge is 0.381 e. The second kappa shape index (κ2) is 5.65. The minimum Gasteiger partial charge on any atom is -0.381 e. The maximum atomic E-state index is 11.7. The monoisotopic (exact) mass is 331 g/mol. The predicted molar refractivity (Wildman–Crippen MR) is 80.4 cm³/mol. The molecule has 0 spiro atoms. The van der Waals surface area contributed by atoms with Crippen LogP contribution in [-0.4, -0.2) is 27.3 Å². The van der Waals surface area contributed by atoms with Gasteiger partial charge in [0, 0.05) is 18.3 Å². The Labute approximate surface area is 120 Å². The molecule has 0 amide bonds. The molecule has 1 aliphatic rings. The van der Waals surface area contributed by atoms with E-state index in [1.807, 2.05) is 11.8 Å². The molecule has 2 rings (SSSR count). The van der Waals surface area contributed by atoms with Crippen molar-refractivity contribution in [3.8, 4) is 0 Å². The number of nitrogens with one attached hydrogen (secondary N) is 1. The van der Waals surface area contributed by atoms with Crippen molar-refractivity contribution in [3.05, 3.63) is 21.0 Å². The summed E-state index contributed by atoms with van der Waals surface area (Å²) in [5.41, 5.74) is 0.683. The molecule has 1 heterocycles. The minimum atomic E-state index is -0.107. The molecule has 0 aromatic carbocycles. The van der Waals surface area contributed by atoms with E-state index in [4.69, 9.17) is 0 Å². The maximum Gasteiger partial charge on any atom is 0.282 e. The number of anilines is 1. The van der Waals surface area contributed by atoms with Crippen molar-refractivity contribution in [1.29, 1.82) is 0 Å². The first kappa shape index (κ1) is 13.9. The molecule has 1 fully saturated rings. The molecular weight excluding hydrogens is 314 g/mol. The molecule has 0 radical (unpaired) electrons. The predicted octanol–water partition coefficient (Wildman–Crippen LogP) is 2.63. The van der Waals surface area contributed by atoms with Crippen molar-refractivity contribution in [2.75, 3.05) is 18.1 Å². The van der Waals surface area contributed by atoms with Crippen LogP contribution in [0.4, 0.5) is 5.69 Å². The van der Waals surface area contributed by atoms with E-state index in [9.17, 15) is 4.79 Å². The van der Waals surface area contributed by atoms with Crippen molar-refractivity contribution in [2.45, 2.75) is 30.4 Å². The summed E-state index contributed by atoms with van der Waals surface area (Å²) in [6, 6.07) is 0. The number of aromatic nitrogens is 2. The first-order valence-corrected chi connectivity index (χ1v) is 8.11. The lowest BCUT2D eigenvalue weighted by atomic mass is 10.1. The van der Waals surface area contributed by atoms with Crippen molar-refractivity contribution in [2.24, 2.45) is 7.05 Å². The topological polar surface area (TPSA) is 46.9 Å². The summed E-state index contributed by atoms with van der Waals surface area (Å²) in [7, 11) is 1.65. The zero-order valence-electron chi connectivity index (χ0n) is 10.7. The van der Waals surface area contributed by atoms with Gasteiger partial charge in [-0.3, -0.25) is 4.79 Å². The summed E-state index contributed by atoms with van der Waals surface area (Å²) >= 11 is 5.27. The van der Waals surface area contributed by atoms with E-state index in [1.165, 1.54) is 30.4 Å². The van der Waals surface area contributed by atoms with Crippen LogP contribution in [0, 0.1) is 0 Å². The molecule has 18 heavy (non-hydrogen) atoms. The quantitative estimate of drug-likeness (QED) is 0.921. The van der Waals surface area contributed by atoms with Gasteiger partial charge in [-0.05, 0) is 35.0 Å². The second-order valence-corrected chi connectivity index (χ2v) is 6.82. The zero-order chi connectivity index (χ0) is 13.2. The number of thioether (sulfide) groups is 1. The van der Waals surface area contributed by atoms with Crippen LogP contribution < -0.4 is 10.9 Å². The fourth-order valence-electron chi connectivity index (χ4n) is 2.36. The Hall–Kier alpha value is -0.490. The van der Waals surface area contributed by atoms with E-state index >= 15 is 0 Å². The standard InChI is InChI=1S/C12H18BrN3OS/c1-16-11(17)10(13)9(7-15-16)14-8-12(18-2)5-3-4-6-12/h7,14H,3-6,8H2,1-2H3. The maximum absolute atomic E-state index is 11.7. The first-order valence-electron chi connectivity index (χ1n) is 6.09. The number of nitrogens with zero attached hydrogens (tertiary/aromatic N) is 2.